The van der Waals surface area contributed by atoms with Crippen molar-refractivity contribution in [2.45, 2.75) is 37.8 Å². The van der Waals surface area contributed by atoms with Gasteiger partial charge >= 0.3 is 6.03 Å². The number of nitrogens with one attached hydrogen (secondary N) is 1. The van der Waals surface area contributed by atoms with Gasteiger partial charge < -0.3 is 15.3 Å². The number of hydrogen-bond acceptors (Lipinski definition) is 2. The van der Waals surface area contributed by atoms with Gasteiger partial charge in [-0.15, -0.1) is 0 Å². The molecule has 1 saturated carbocycles. The van der Waals surface area contributed by atoms with Crippen molar-refractivity contribution >= 4 is 6.03 Å². The fourth-order valence-corrected chi connectivity index (χ4v) is 3.07. The van der Waals surface area contributed by atoms with Crippen LogP contribution in [0.25, 0.3) is 0 Å². The Morgan fingerprint density at radius 2 is 2.05 bits per heavy atom. The monoisotopic (exact) mass is 274 g/mol. The molecule has 2 aliphatic rings. The molecule has 1 aliphatic heterocycles. The first-order valence-electron chi connectivity index (χ1n) is 7.52. The van der Waals surface area contributed by atoms with Crippen molar-refractivity contribution < 1.29 is 9.90 Å². The summed E-state index contributed by atoms with van der Waals surface area (Å²) in [5, 5.41) is 12.5. The van der Waals surface area contributed by atoms with Crippen LogP contribution in [-0.4, -0.2) is 35.2 Å². The summed E-state index contributed by atoms with van der Waals surface area (Å²) in [7, 11) is 0. The maximum atomic E-state index is 12.4. The van der Waals surface area contributed by atoms with Crippen molar-refractivity contribution in [3.8, 4) is 0 Å². The number of carbonyl (C=O) groups is 1. The Kier molecular flexibility index (Phi) is 3.92. The quantitative estimate of drug-likeness (QED) is 0.885. The normalized spacial score (nSPS) is 23.6. The zero-order valence-corrected chi connectivity index (χ0v) is 11.7. The Balaban J connectivity index is 1.69. The Labute approximate surface area is 119 Å². The van der Waals surface area contributed by atoms with E-state index in [0.29, 0.717) is 5.92 Å². The fraction of sp³-hybridized carbons (Fsp3) is 0.562. The topological polar surface area (TPSA) is 52.6 Å². The summed E-state index contributed by atoms with van der Waals surface area (Å²) in [6, 6.07) is 10.3. The van der Waals surface area contributed by atoms with Crippen molar-refractivity contribution in [2.75, 3.05) is 13.2 Å². The highest BCUT2D eigenvalue weighted by molar-refractivity contribution is 5.75. The minimum absolute atomic E-state index is 0.00868. The number of benzene rings is 1. The summed E-state index contributed by atoms with van der Waals surface area (Å²) in [5.41, 5.74) is 1.18. The molecule has 3 rings (SSSR count). The predicted octanol–water partition coefficient (Wildman–Crippen LogP) is 2.30. The molecule has 1 aromatic rings. The number of rotatable bonds is 4. The smallest absolute Gasteiger partial charge is 0.318 e. The molecule has 0 bridgehead atoms. The number of hydrogen-bond donors (Lipinski definition) is 2. The molecule has 2 amide bonds. The Morgan fingerprint density at radius 1 is 1.30 bits per heavy atom. The Morgan fingerprint density at radius 3 is 2.70 bits per heavy atom. The molecule has 2 N–H and O–H groups in total. The van der Waals surface area contributed by atoms with E-state index in [4.69, 9.17) is 0 Å². The molecule has 2 fully saturated rings. The summed E-state index contributed by atoms with van der Waals surface area (Å²) >= 11 is 0. The van der Waals surface area contributed by atoms with Crippen LogP contribution in [0.15, 0.2) is 30.3 Å². The molecule has 2 unspecified atom stereocenters. The molecular formula is C16H22N2O2. The van der Waals surface area contributed by atoms with E-state index in [9.17, 15) is 9.90 Å². The second-order valence-electron chi connectivity index (χ2n) is 5.85. The van der Waals surface area contributed by atoms with Gasteiger partial charge in [0.2, 0.25) is 0 Å². The molecular weight excluding hydrogens is 252 g/mol. The zero-order chi connectivity index (χ0) is 13.9. The number of nitrogens with zero attached hydrogens (tertiary/aromatic N) is 1. The maximum Gasteiger partial charge on any atom is 0.318 e. The van der Waals surface area contributed by atoms with Crippen molar-refractivity contribution in [3.05, 3.63) is 35.9 Å². The van der Waals surface area contributed by atoms with E-state index in [0.717, 1.165) is 19.4 Å². The van der Waals surface area contributed by atoms with Gasteiger partial charge in [0.15, 0.2) is 0 Å². The van der Waals surface area contributed by atoms with Crippen molar-refractivity contribution in [1.82, 2.24) is 10.2 Å². The highest BCUT2D eigenvalue weighted by Gasteiger charge is 2.36. The summed E-state index contributed by atoms with van der Waals surface area (Å²) < 4.78 is 0. The van der Waals surface area contributed by atoms with E-state index in [-0.39, 0.29) is 24.7 Å². The molecule has 1 saturated heterocycles. The zero-order valence-electron chi connectivity index (χ0n) is 11.7. The lowest BCUT2D eigenvalue weighted by atomic mass is 10.0. The molecule has 0 spiro atoms. The van der Waals surface area contributed by atoms with Gasteiger partial charge in [-0.1, -0.05) is 30.3 Å². The largest absolute Gasteiger partial charge is 0.394 e. The second-order valence-corrected chi connectivity index (χ2v) is 5.85. The van der Waals surface area contributed by atoms with E-state index >= 15 is 0 Å². The van der Waals surface area contributed by atoms with Crippen molar-refractivity contribution in [1.29, 1.82) is 0 Å². The molecule has 1 aliphatic carbocycles. The van der Waals surface area contributed by atoms with Gasteiger partial charge in [0.25, 0.3) is 0 Å². The van der Waals surface area contributed by atoms with Crippen LogP contribution in [0, 0.1) is 5.92 Å². The van der Waals surface area contributed by atoms with Crippen LogP contribution in [0.2, 0.25) is 0 Å². The van der Waals surface area contributed by atoms with Crippen molar-refractivity contribution in [2.24, 2.45) is 5.92 Å². The van der Waals surface area contributed by atoms with Gasteiger partial charge in [0.05, 0.1) is 18.7 Å². The van der Waals surface area contributed by atoms with E-state index in [1.807, 2.05) is 18.2 Å². The molecule has 4 nitrogen and oxygen atoms in total. The van der Waals surface area contributed by atoms with E-state index in [1.54, 1.807) is 4.90 Å². The maximum absolute atomic E-state index is 12.4. The SMILES string of the molecule is O=C(NC(c1ccccc1)C1CC1)N1CCCC1CO. The third-order valence-electron chi connectivity index (χ3n) is 4.38. The first-order valence-corrected chi connectivity index (χ1v) is 7.52. The highest BCUT2D eigenvalue weighted by Crippen LogP contribution is 2.41. The van der Waals surface area contributed by atoms with Gasteiger partial charge in [-0.25, -0.2) is 4.79 Å². The average Bonchev–Trinajstić information content (AvgIpc) is 3.21. The molecule has 0 radical (unpaired) electrons. The highest BCUT2D eigenvalue weighted by atomic mass is 16.3. The van der Waals surface area contributed by atoms with Crippen molar-refractivity contribution in [3.63, 3.8) is 0 Å². The first-order chi connectivity index (χ1) is 9.79. The minimum Gasteiger partial charge on any atom is -0.394 e. The van der Waals surface area contributed by atoms with E-state index < -0.39 is 0 Å². The van der Waals surface area contributed by atoms with Gasteiger partial charge in [-0.2, -0.15) is 0 Å². The third-order valence-corrected chi connectivity index (χ3v) is 4.38. The molecule has 0 aromatic heterocycles. The lowest BCUT2D eigenvalue weighted by Crippen LogP contribution is -2.45. The number of amides is 2. The van der Waals surface area contributed by atoms with Gasteiger partial charge in [-0.3, -0.25) is 0 Å². The first kappa shape index (κ1) is 13.4. The number of aliphatic hydroxyl groups excluding tert-OH is 1. The molecule has 108 valence electrons. The molecule has 1 heterocycles. The summed E-state index contributed by atoms with van der Waals surface area (Å²) in [6.07, 6.45) is 4.26. The number of aliphatic hydroxyl groups is 1. The molecule has 4 heteroatoms. The van der Waals surface area contributed by atoms with Gasteiger partial charge in [0.1, 0.15) is 0 Å². The number of urea groups is 1. The van der Waals surface area contributed by atoms with Crippen LogP contribution < -0.4 is 5.32 Å². The molecule has 2 atom stereocenters. The molecule has 20 heavy (non-hydrogen) atoms. The van der Waals surface area contributed by atoms with E-state index in [1.165, 1.54) is 18.4 Å². The van der Waals surface area contributed by atoms with Crippen LogP contribution in [0.4, 0.5) is 4.79 Å². The number of carbonyl (C=O) groups excluding carboxylic acids is 1. The summed E-state index contributed by atoms with van der Waals surface area (Å²) in [6.45, 7) is 0.816. The third kappa shape index (κ3) is 2.80. The molecule has 1 aromatic carbocycles. The standard InChI is InChI=1S/C16H22N2O2/c19-11-14-7-4-10-18(14)16(20)17-15(13-8-9-13)12-5-2-1-3-6-12/h1-3,5-6,13-15,19H,4,7-11H2,(H,17,20). The fourth-order valence-electron chi connectivity index (χ4n) is 3.07. The average molecular weight is 274 g/mol. The number of likely N-dealkylation sites (tertiary alicyclic amines) is 1. The van der Waals surface area contributed by atoms with Crippen LogP contribution in [-0.2, 0) is 0 Å². The summed E-state index contributed by atoms with van der Waals surface area (Å²) in [5.74, 6) is 0.566. The lowest BCUT2D eigenvalue weighted by molar-refractivity contribution is 0.153. The Bertz CT molecular complexity index is 459. The lowest BCUT2D eigenvalue weighted by Gasteiger charge is -2.27. The Hall–Kier alpha value is -1.55. The van der Waals surface area contributed by atoms with Crippen LogP contribution >= 0.6 is 0 Å². The van der Waals surface area contributed by atoms with Crippen LogP contribution in [0.1, 0.15) is 37.3 Å². The minimum atomic E-state index is -0.0256. The van der Waals surface area contributed by atoms with Gasteiger partial charge in [0, 0.05) is 6.54 Å². The second kappa shape index (κ2) is 5.83. The predicted molar refractivity (Wildman–Crippen MR) is 77.3 cm³/mol. The summed E-state index contributed by atoms with van der Waals surface area (Å²) in [4.78, 5) is 14.2. The van der Waals surface area contributed by atoms with Crippen LogP contribution in [0.5, 0.6) is 0 Å². The van der Waals surface area contributed by atoms with Crippen LogP contribution in [0.3, 0.4) is 0 Å². The van der Waals surface area contributed by atoms with E-state index in [2.05, 4.69) is 17.4 Å². The van der Waals surface area contributed by atoms with Gasteiger partial charge in [-0.05, 0) is 37.2 Å².